The van der Waals surface area contributed by atoms with Crippen molar-refractivity contribution >= 4 is 47.5 Å². The van der Waals surface area contributed by atoms with E-state index >= 15 is 0 Å². The van der Waals surface area contributed by atoms with Crippen molar-refractivity contribution in [3.63, 3.8) is 0 Å². The molecular weight excluding hydrogens is 1490 g/mol. The number of hydrogen-bond donors (Lipinski definition) is 0. The molecule has 0 spiro atoms. The summed E-state index contributed by atoms with van der Waals surface area (Å²) in [5.41, 5.74) is 16.2. The van der Waals surface area contributed by atoms with E-state index in [4.69, 9.17) is 56.8 Å². The Kier molecular flexibility index (Phi) is 30.5. The van der Waals surface area contributed by atoms with Crippen molar-refractivity contribution in [1.29, 1.82) is 0 Å². The first-order chi connectivity index (χ1) is 56.0. The highest BCUT2D eigenvalue weighted by Crippen LogP contribution is 2.49. The molecule has 8 atom stereocenters. The summed E-state index contributed by atoms with van der Waals surface area (Å²) < 4.78 is 74.3. The van der Waals surface area contributed by atoms with Crippen LogP contribution in [0.15, 0.2) is 84.2 Å². The minimum atomic E-state index is -0.367. The molecule has 2 amide bonds. The van der Waals surface area contributed by atoms with E-state index in [0.29, 0.717) is 61.5 Å². The fraction of sp³-hybridized carbons (Fsp3) is 0.505. The van der Waals surface area contributed by atoms with E-state index in [-0.39, 0.29) is 79.3 Å². The summed E-state index contributed by atoms with van der Waals surface area (Å²) in [6.07, 6.45) is 17.0. The van der Waals surface area contributed by atoms with Gasteiger partial charge < -0.3 is 85.9 Å². The molecule has 0 N–H and O–H groups in total. The highest BCUT2D eigenvalue weighted by atomic mass is 16.5. The largest absolute Gasteiger partial charge is 0.493 e. The number of likely N-dealkylation sites (N-methyl/N-ethyl adjacent to an activating group) is 2. The molecule has 24 nitrogen and oxygen atoms in total. The number of likely N-dealkylation sites (tertiary alicyclic amines) is 4. The maximum absolute atomic E-state index is 12.2. The summed E-state index contributed by atoms with van der Waals surface area (Å²) in [5, 5.41) is 0. The first kappa shape index (κ1) is 88.9. The standard InChI is InChI=1S/C17H21NO3.C15H17NO3.2C15H21NO2.2C15H18O5.CH4/c1-4-7-18-14-9-11-5-6-15(20-2)17(21-3)13(11)8-12(14)10-16(18)19;1-16-12-7-9-4-5-13(18-2)15(19-3)11(9)6-10(12)8-14(16)17;2*1-16-7-6-11-8-12-10(9-13(11)16)4-5-14(17-2)15(12)18-3;2*1-18-13-5-4-9-7-12(16)10(8-14(17)19-2)6-11(9)15(13)20-3;/h5-6,9,12H,4,7-8,10H2,1-3H3;4-5,7,10H,6,8H2,1-3H3;2*4-5,11,13H,6-9H2,1-3H3;2*4-5,10H,6-8H2,1-3H3;1H4/t;;2*11-,13?;;;/m..11.../s1. The molecule has 10 aliphatic rings. The van der Waals surface area contributed by atoms with Gasteiger partial charge >= 0.3 is 11.9 Å². The normalized spacial score (nSPS) is 21.1. The first-order valence-corrected chi connectivity index (χ1v) is 40.0. The summed E-state index contributed by atoms with van der Waals surface area (Å²) in [7, 11) is 28.8. The van der Waals surface area contributed by atoms with Crippen molar-refractivity contribution in [3.8, 4) is 69.0 Å². The van der Waals surface area contributed by atoms with E-state index < -0.39 is 0 Å². The Balaban J connectivity index is 0.000000148. The number of nitrogens with zero attached hydrogens (tertiary/aromatic N) is 4. The lowest BCUT2D eigenvalue weighted by Gasteiger charge is -2.32. The number of carbonyl (C=O) groups excluding carboxylic acids is 6. The monoisotopic (exact) mass is 1610 g/mol. The van der Waals surface area contributed by atoms with E-state index in [9.17, 15) is 28.8 Å². The molecule has 24 heteroatoms. The minimum Gasteiger partial charge on any atom is -0.493 e. The van der Waals surface area contributed by atoms with Crippen molar-refractivity contribution in [2.45, 2.75) is 136 Å². The summed E-state index contributed by atoms with van der Waals surface area (Å²) in [6, 6.07) is 25.2. The Labute approximate surface area is 690 Å². The summed E-state index contributed by atoms with van der Waals surface area (Å²) in [4.78, 5) is 79.6. The third-order valence-electron chi connectivity index (χ3n) is 24.9. The molecule has 6 aromatic rings. The number of carbonyl (C=O) groups is 6. The van der Waals surface area contributed by atoms with Gasteiger partial charge in [-0.1, -0.05) is 50.7 Å². The molecule has 16 rings (SSSR count). The molecule has 4 fully saturated rings. The number of amides is 2. The van der Waals surface area contributed by atoms with Crippen LogP contribution in [0, 0.1) is 35.5 Å². The molecule has 4 heterocycles. The number of esters is 2. The zero-order valence-corrected chi connectivity index (χ0v) is 70.8. The third-order valence-corrected chi connectivity index (χ3v) is 24.9. The number of Topliss-reactive ketones (excluding diaryl/α,β-unsaturated/α-hetero) is 2. The van der Waals surface area contributed by atoms with Gasteiger partial charge in [0.1, 0.15) is 11.6 Å². The fourth-order valence-electron chi connectivity index (χ4n) is 18.7. The van der Waals surface area contributed by atoms with Gasteiger partial charge in [-0.2, -0.15) is 0 Å². The van der Waals surface area contributed by atoms with Crippen LogP contribution in [0.4, 0.5) is 0 Å². The van der Waals surface area contributed by atoms with Crippen molar-refractivity contribution in [2.24, 2.45) is 35.5 Å². The van der Waals surface area contributed by atoms with Crippen LogP contribution < -0.4 is 56.8 Å². The second-order valence-electron chi connectivity index (χ2n) is 31.0. The fourth-order valence-corrected chi connectivity index (χ4v) is 18.7. The van der Waals surface area contributed by atoms with Crippen LogP contribution in [0.1, 0.15) is 126 Å². The van der Waals surface area contributed by atoms with Gasteiger partial charge in [-0.15, -0.1) is 0 Å². The maximum atomic E-state index is 12.2. The minimum absolute atomic E-state index is 0. The number of rotatable bonds is 18. The molecule has 6 unspecified atom stereocenters. The molecule has 117 heavy (non-hydrogen) atoms. The molecule has 0 bridgehead atoms. The van der Waals surface area contributed by atoms with Gasteiger partial charge in [0.2, 0.25) is 11.8 Å². The van der Waals surface area contributed by atoms with Gasteiger partial charge in [0.05, 0.1) is 112 Å². The molecule has 0 aromatic heterocycles. The van der Waals surface area contributed by atoms with Crippen LogP contribution in [0.25, 0.3) is 12.2 Å². The second-order valence-corrected chi connectivity index (χ2v) is 31.0. The van der Waals surface area contributed by atoms with E-state index in [2.05, 4.69) is 64.6 Å². The Bertz CT molecular complexity index is 4480. The predicted octanol–water partition coefficient (Wildman–Crippen LogP) is 12.9. The van der Waals surface area contributed by atoms with E-state index in [1.807, 2.05) is 60.5 Å². The molecule has 0 radical (unpaired) electrons. The second kappa shape index (κ2) is 40.1. The van der Waals surface area contributed by atoms with Crippen LogP contribution in [0.3, 0.4) is 0 Å². The smallest absolute Gasteiger partial charge is 0.306 e. The Morgan fingerprint density at radius 1 is 0.368 bits per heavy atom. The van der Waals surface area contributed by atoms with Gasteiger partial charge in [-0.3, -0.25) is 28.8 Å². The number of fused-ring (bicyclic) bond motifs is 10. The average Bonchev–Trinajstić information content (AvgIpc) is 1.51. The van der Waals surface area contributed by atoms with Gasteiger partial charge in [-0.05, 0) is 192 Å². The quantitative estimate of drug-likeness (QED) is 0.0726. The lowest BCUT2D eigenvalue weighted by molar-refractivity contribution is -0.144. The molecule has 4 aliphatic heterocycles. The number of benzene rings is 6. The molecule has 0 saturated carbocycles. The van der Waals surface area contributed by atoms with Crippen molar-refractivity contribution < 1.29 is 95.1 Å². The molecule has 6 aromatic carbocycles. The topological polar surface area (TPSA) is 245 Å². The van der Waals surface area contributed by atoms with Crippen LogP contribution >= 0.6 is 0 Å². The first-order valence-electron chi connectivity index (χ1n) is 40.0. The zero-order chi connectivity index (χ0) is 83.3. The Hall–Kier alpha value is -10.5. The lowest BCUT2D eigenvalue weighted by Crippen LogP contribution is -2.35. The number of ether oxygens (including phenoxy) is 14. The predicted molar refractivity (Wildman–Crippen MR) is 447 cm³/mol. The SMILES string of the molecule is C.CCCN1C(=O)CC2Cc3c(ccc(OC)c3OC)C=C21.COC(=O)CC1Cc2c(ccc(OC)c2OC)CC1=O.COC(=O)CC1Cc2c(ccc(OC)c2OC)CC1=O.COc1ccc2c(c1OC)CC1CC(=O)N(C)C1=C2.COc1ccc2c(c1OC)C[C@H]1CCN(C)C1C2.COc1ccc2c(c1OC)C[C@H]1CCN(C)C1C2. The highest BCUT2D eigenvalue weighted by Gasteiger charge is 2.43. The van der Waals surface area contributed by atoms with E-state index in [1.54, 1.807) is 102 Å². The summed E-state index contributed by atoms with van der Waals surface area (Å²) >= 11 is 0. The Morgan fingerprint density at radius 2 is 0.692 bits per heavy atom. The summed E-state index contributed by atoms with van der Waals surface area (Å²) in [5.74, 6) is 10.5. The van der Waals surface area contributed by atoms with Crippen LogP contribution in [-0.4, -0.2) is 207 Å². The van der Waals surface area contributed by atoms with Crippen molar-refractivity contribution in [1.82, 2.24) is 19.6 Å². The Morgan fingerprint density at radius 3 is 1.04 bits per heavy atom. The van der Waals surface area contributed by atoms with Crippen molar-refractivity contribution in [3.05, 3.63) is 151 Å². The van der Waals surface area contributed by atoms with Crippen LogP contribution in [0.5, 0.6) is 69.0 Å². The van der Waals surface area contributed by atoms with Gasteiger partial charge in [-0.25, -0.2) is 0 Å². The van der Waals surface area contributed by atoms with Gasteiger partial charge in [0.25, 0.3) is 0 Å². The van der Waals surface area contributed by atoms with E-state index in [1.165, 1.54) is 68.1 Å². The maximum Gasteiger partial charge on any atom is 0.306 e. The van der Waals surface area contributed by atoms with E-state index in [0.717, 1.165) is 172 Å². The third kappa shape index (κ3) is 18.9. The van der Waals surface area contributed by atoms with Gasteiger partial charge in [0, 0.05) is 120 Å². The zero-order valence-electron chi connectivity index (χ0n) is 70.8. The van der Waals surface area contributed by atoms with Crippen LogP contribution in [-0.2, 0) is 102 Å². The molecule has 632 valence electrons. The molecular formula is C93H120N4O20. The number of ketones is 2. The highest BCUT2D eigenvalue weighted by molar-refractivity contribution is 5.91. The van der Waals surface area contributed by atoms with Crippen LogP contribution in [0.2, 0.25) is 0 Å². The van der Waals surface area contributed by atoms with Gasteiger partial charge in [0.15, 0.2) is 69.0 Å². The number of allylic oxidation sites excluding steroid dienone is 2. The van der Waals surface area contributed by atoms with Crippen molar-refractivity contribution in [2.75, 3.05) is 140 Å². The average molecular weight is 1610 g/mol. The lowest BCUT2D eigenvalue weighted by atomic mass is 9.80. The summed E-state index contributed by atoms with van der Waals surface area (Å²) in [6.45, 7) is 5.36. The number of methoxy groups -OCH3 is 14. The molecule has 6 aliphatic carbocycles. The number of hydrogen-bond acceptors (Lipinski definition) is 22. The molecule has 4 saturated heterocycles.